The summed E-state index contributed by atoms with van der Waals surface area (Å²) < 4.78 is 15.3. The Morgan fingerprint density at radius 1 is 1.32 bits per heavy atom. The number of ether oxygens (including phenoxy) is 2. The van der Waals surface area contributed by atoms with Crippen LogP contribution in [0.3, 0.4) is 0 Å². The maximum atomic E-state index is 11.8. The van der Waals surface area contributed by atoms with E-state index in [1.165, 1.54) is 7.11 Å². The Hall–Kier alpha value is -2.02. The molecule has 2 rings (SSSR count). The van der Waals surface area contributed by atoms with Crippen LogP contribution < -0.4 is 0 Å². The number of aliphatic hydroxyl groups is 1. The molecule has 1 heterocycles. The van der Waals surface area contributed by atoms with Gasteiger partial charge in [0.05, 0.1) is 6.61 Å². The number of carbonyl (C=O) groups excluding carboxylic acids is 1. The zero-order valence-electron chi connectivity index (χ0n) is 12.4. The van der Waals surface area contributed by atoms with E-state index in [1.54, 1.807) is 6.07 Å². The molecule has 118 valence electrons. The van der Waals surface area contributed by atoms with Gasteiger partial charge in [-0.05, 0) is 5.56 Å². The highest BCUT2D eigenvalue weighted by Gasteiger charge is 2.14. The Bertz CT molecular complexity index is 581. The normalized spacial score (nSPS) is 12.3. The van der Waals surface area contributed by atoms with Gasteiger partial charge in [-0.2, -0.15) is 0 Å². The molecule has 0 bridgehead atoms. The van der Waals surface area contributed by atoms with Gasteiger partial charge in [-0.15, -0.1) is 0 Å². The number of aliphatic hydroxyl groups excluding tert-OH is 1. The quantitative estimate of drug-likeness (QED) is 0.565. The molecule has 0 aliphatic carbocycles. The molecule has 0 fully saturated rings. The van der Waals surface area contributed by atoms with Crippen LogP contribution in [0.1, 0.15) is 34.7 Å². The molecule has 6 nitrogen and oxygen atoms in total. The molecule has 1 N–H and O–H groups in total. The summed E-state index contributed by atoms with van der Waals surface area (Å²) in [4.78, 5) is 11.8. The van der Waals surface area contributed by atoms with E-state index in [4.69, 9.17) is 9.26 Å². The third kappa shape index (κ3) is 5.07. The van der Waals surface area contributed by atoms with Crippen molar-refractivity contribution in [3.05, 3.63) is 53.4 Å². The molecule has 6 heteroatoms. The van der Waals surface area contributed by atoms with Crippen molar-refractivity contribution in [2.75, 3.05) is 7.11 Å². The van der Waals surface area contributed by atoms with E-state index < -0.39 is 6.29 Å². The highest BCUT2D eigenvalue weighted by atomic mass is 16.6. The number of ketones is 1. The topological polar surface area (TPSA) is 81.8 Å². The van der Waals surface area contributed by atoms with E-state index >= 15 is 0 Å². The molecule has 1 aromatic carbocycles. The summed E-state index contributed by atoms with van der Waals surface area (Å²) in [6.45, 7) is 0.709. The number of Topliss-reactive ketones (excluding diaryl/α,β-unsaturated/α-hetero) is 1. The van der Waals surface area contributed by atoms with Crippen LogP contribution in [-0.2, 0) is 22.7 Å². The summed E-state index contributed by atoms with van der Waals surface area (Å²) in [5.41, 5.74) is 1.30. The third-order valence-corrected chi connectivity index (χ3v) is 3.09. The first-order valence-electron chi connectivity index (χ1n) is 7.00. The molecular formula is C16H19NO5. The standard InChI is InChI=1S/C16H19NO5/c1-20-16(19)8-7-15(18)14-9-13(22-17-14)11-21-10-12-5-3-2-4-6-12/h2-6,9,16,19H,7-8,10-11H2,1H3. The molecule has 0 amide bonds. The van der Waals surface area contributed by atoms with E-state index in [0.29, 0.717) is 12.4 Å². The Balaban J connectivity index is 1.77. The molecule has 0 aliphatic rings. The van der Waals surface area contributed by atoms with E-state index in [1.807, 2.05) is 30.3 Å². The number of hydrogen-bond acceptors (Lipinski definition) is 6. The van der Waals surface area contributed by atoms with Crippen molar-refractivity contribution in [2.24, 2.45) is 0 Å². The lowest BCUT2D eigenvalue weighted by molar-refractivity contribution is -0.0777. The first-order chi connectivity index (χ1) is 10.7. The van der Waals surface area contributed by atoms with Gasteiger partial charge in [-0.3, -0.25) is 4.79 Å². The van der Waals surface area contributed by atoms with Crippen molar-refractivity contribution >= 4 is 5.78 Å². The summed E-state index contributed by atoms with van der Waals surface area (Å²) in [5, 5.41) is 13.0. The number of aromatic nitrogens is 1. The van der Waals surface area contributed by atoms with Crippen molar-refractivity contribution in [3.63, 3.8) is 0 Å². The molecule has 1 aromatic heterocycles. The van der Waals surface area contributed by atoms with Crippen LogP contribution in [0.15, 0.2) is 40.9 Å². The van der Waals surface area contributed by atoms with Crippen molar-refractivity contribution < 1.29 is 23.9 Å². The number of nitrogens with zero attached hydrogens (tertiary/aromatic N) is 1. The molecule has 22 heavy (non-hydrogen) atoms. The Morgan fingerprint density at radius 3 is 2.82 bits per heavy atom. The number of benzene rings is 1. The molecule has 2 aromatic rings. The number of carbonyl (C=O) groups is 1. The Morgan fingerprint density at radius 2 is 2.09 bits per heavy atom. The summed E-state index contributed by atoms with van der Waals surface area (Å²) >= 11 is 0. The number of methoxy groups -OCH3 is 1. The minimum absolute atomic E-state index is 0.145. The van der Waals surface area contributed by atoms with Gasteiger partial charge in [0.25, 0.3) is 0 Å². The molecule has 1 atom stereocenters. The fraction of sp³-hybridized carbons (Fsp3) is 0.375. The molecule has 0 saturated carbocycles. The van der Waals surface area contributed by atoms with Gasteiger partial charge in [0.2, 0.25) is 0 Å². The molecule has 0 saturated heterocycles. The van der Waals surface area contributed by atoms with Crippen LogP contribution in [0.25, 0.3) is 0 Å². The van der Waals surface area contributed by atoms with Crippen molar-refractivity contribution in [1.29, 1.82) is 0 Å². The van der Waals surface area contributed by atoms with Crippen LogP contribution in [0.5, 0.6) is 0 Å². The van der Waals surface area contributed by atoms with Crippen LogP contribution in [0, 0.1) is 0 Å². The SMILES string of the molecule is COC(O)CCC(=O)c1cc(COCc2ccccc2)on1. The molecule has 0 spiro atoms. The summed E-state index contributed by atoms with van der Waals surface area (Å²) in [5.74, 6) is 0.292. The van der Waals surface area contributed by atoms with E-state index in [-0.39, 0.29) is 30.9 Å². The lowest BCUT2D eigenvalue weighted by atomic mass is 10.1. The average molecular weight is 305 g/mol. The van der Waals surface area contributed by atoms with E-state index in [0.717, 1.165) is 5.56 Å². The first-order valence-corrected chi connectivity index (χ1v) is 7.00. The van der Waals surface area contributed by atoms with Gasteiger partial charge < -0.3 is 19.1 Å². The van der Waals surface area contributed by atoms with Crippen LogP contribution in [-0.4, -0.2) is 29.4 Å². The predicted octanol–water partition coefficient (Wildman–Crippen LogP) is 2.32. The lowest BCUT2D eigenvalue weighted by Crippen LogP contribution is -2.11. The fourth-order valence-corrected chi connectivity index (χ4v) is 1.86. The van der Waals surface area contributed by atoms with Gasteiger partial charge >= 0.3 is 0 Å². The van der Waals surface area contributed by atoms with Crippen molar-refractivity contribution in [1.82, 2.24) is 5.16 Å². The van der Waals surface area contributed by atoms with E-state index in [2.05, 4.69) is 9.89 Å². The smallest absolute Gasteiger partial charge is 0.184 e. The summed E-state index contributed by atoms with van der Waals surface area (Å²) in [6, 6.07) is 11.3. The molecular weight excluding hydrogens is 286 g/mol. The lowest BCUT2D eigenvalue weighted by Gasteiger charge is -2.05. The maximum absolute atomic E-state index is 11.8. The molecule has 1 unspecified atom stereocenters. The zero-order valence-corrected chi connectivity index (χ0v) is 12.4. The number of hydrogen-bond donors (Lipinski definition) is 1. The fourth-order valence-electron chi connectivity index (χ4n) is 1.86. The minimum atomic E-state index is -0.940. The van der Waals surface area contributed by atoms with E-state index in [9.17, 15) is 9.90 Å². The van der Waals surface area contributed by atoms with Crippen LogP contribution in [0.2, 0.25) is 0 Å². The van der Waals surface area contributed by atoms with Crippen LogP contribution >= 0.6 is 0 Å². The van der Waals surface area contributed by atoms with Gasteiger partial charge in [0, 0.05) is 26.0 Å². The van der Waals surface area contributed by atoms with Crippen LogP contribution in [0.4, 0.5) is 0 Å². The third-order valence-electron chi connectivity index (χ3n) is 3.09. The predicted molar refractivity (Wildman–Crippen MR) is 78.0 cm³/mol. The second kappa shape index (κ2) is 8.43. The molecule has 0 aliphatic heterocycles. The monoisotopic (exact) mass is 305 g/mol. The Kier molecular flexibility index (Phi) is 6.27. The second-order valence-electron chi connectivity index (χ2n) is 4.81. The van der Waals surface area contributed by atoms with Gasteiger partial charge in [0.1, 0.15) is 12.3 Å². The Labute approximate surface area is 128 Å². The van der Waals surface area contributed by atoms with Crippen molar-refractivity contribution in [3.8, 4) is 0 Å². The van der Waals surface area contributed by atoms with Gasteiger partial charge in [-0.25, -0.2) is 0 Å². The highest BCUT2D eigenvalue weighted by Crippen LogP contribution is 2.11. The zero-order chi connectivity index (χ0) is 15.8. The van der Waals surface area contributed by atoms with Gasteiger partial charge in [-0.1, -0.05) is 35.5 Å². The maximum Gasteiger partial charge on any atom is 0.184 e. The largest absolute Gasteiger partial charge is 0.369 e. The summed E-state index contributed by atoms with van der Waals surface area (Å²) in [6.07, 6.45) is -0.571. The minimum Gasteiger partial charge on any atom is -0.369 e. The number of rotatable bonds is 9. The molecule has 0 radical (unpaired) electrons. The van der Waals surface area contributed by atoms with Gasteiger partial charge in [0.15, 0.2) is 17.8 Å². The first kappa shape index (κ1) is 16.4. The van der Waals surface area contributed by atoms with Crippen molar-refractivity contribution in [2.45, 2.75) is 32.3 Å². The second-order valence-corrected chi connectivity index (χ2v) is 4.81. The highest BCUT2D eigenvalue weighted by molar-refractivity contribution is 5.94. The average Bonchev–Trinajstić information content (AvgIpc) is 3.02. The summed E-state index contributed by atoms with van der Waals surface area (Å²) in [7, 11) is 1.38.